The van der Waals surface area contributed by atoms with Crippen molar-refractivity contribution < 1.29 is 28.2 Å². The standard InChI is InChI=1S/C46H53NO6Si/c1-32(53-46(33-16-10-9-11-17-33,34-22-26-36(49-5)27-23-34)35-24-28-37(50-6)29-25-35)43(31-52-54(7,8)45(2,3)4)47-44(48)51-30-42-40-20-14-12-18-38(40)39-19-13-15-21-41(39)42/h9-29,32,42-43H,30-31H2,1-8H3,(H,47,48). The van der Waals surface area contributed by atoms with Crippen molar-refractivity contribution in [2.75, 3.05) is 27.4 Å². The van der Waals surface area contributed by atoms with E-state index in [2.05, 4.69) is 75.6 Å². The molecule has 0 fully saturated rings. The van der Waals surface area contributed by atoms with Gasteiger partial charge in [-0.15, -0.1) is 0 Å². The van der Waals surface area contributed by atoms with Crippen molar-refractivity contribution in [1.82, 2.24) is 5.32 Å². The Morgan fingerprint density at radius 3 is 1.63 bits per heavy atom. The second-order valence-corrected chi connectivity index (χ2v) is 20.3. The van der Waals surface area contributed by atoms with Gasteiger partial charge in [0.2, 0.25) is 0 Å². The number of alkyl carbamates (subject to hydrolysis) is 1. The molecular weight excluding hydrogens is 691 g/mol. The largest absolute Gasteiger partial charge is 0.497 e. The zero-order chi connectivity index (χ0) is 38.5. The third kappa shape index (κ3) is 7.97. The molecule has 0 spiro atoms. The van der Waals surface area contributed by atoms with Crippen molar-refractivity contribution in [3.05, 3.63) is 155 Å². The molecule has 1 amide bonds. The summed E-state index contributed by atoms with van der Waals surface area (Å²) in [6.07, 6.45) is -1.07. The molecule has 0 saturated carbocycles. The number of fused-ring (bicyclic) bond motifs is 3. The van der Waals surface area contributed by atoms with Crippen LogP contribution in [-0.4, -0.2) is 54.0 Å². The van der Waals surface area contributed by atoms with E-state index in [-0.39, 0.29) is 24.2 Å². The Kier molecular flexibility index (Phi) is 11.7. The normalized spacial score (nSPS) is 14.1. The average molecular weight is 744 g/mol. The molecule has 5 aromatic carbocycles. The van der Waals surface area contributed by atoms with E-state index < -0.39 is 32.2 Å². The van der Waals surface area contributed by atoms with Crippen molar-refractivity contribution in [3.63, 3.8) is 0 Å². The number of hydrogen-bond donors (Lipinski definition) is 1. The lowest BCUT2D eigenvalue weighted by molar-refractivity contribution is -0.0608. The summed E-state index contributed by atoms with van der Waals surface area (Å²) in [5, 5.41) is 3.16. The first-order valence-corrected chi connectivity index (χ1v) is 21.6. The zero-order valence-electron chi connectivity index (χ0n) is 32.7. The minimum atomic E-state index is -2.23. The van der Waals surface area contributed by atoms with Crippen molar-refractivity contribution in [2.24, 2.45) is 0 Å². The maximum absolute atomic E-state index is 13.9. The van der Waals surface area contributed by atoms with E-state index >= 15 is 0 Å². The third-order valence-electron chi connectivity index (χ3n) is 11.2. The fourth-order valence-electron chi connectivity index (χ4n) is 6.99. The molecule has 0 saturated heterocycles. The second kappa shape index (κ2) is 16.2. The van der Waals surface area contributed by atoms with Crippen molar-refractivity contribution in [1.29, 1.82) is 0 Å². The monoisotopic (exact) mass is 743 g/mol. The SMILES string of the molecule is COc1ccc(C(OC(C)C(CO[Si](C)(C)C(C)(C)C)NC(=O)OCC2c3ccccc3-c3ccccc32)(c2ccccc2)c2ccc(OC)cc2)cc1. The molecule has 0 heterocycles. The van der Waals surface area contributed by atoms with E-state index in [0.29, 0.717) is 0 Å². The highest BCUT2D eigenvalue weighted by atomic mass is 28.4. The quantitative estimate of drug-likeness (QED) is 0.0902. The first kappa shape index (κ1) is 38.8. The van der Waals surface area contributed by atoms with Gasteiger partial charge in [0.15, 0.2) is 8.32 Å². The van der Waals surface area contributed by atoms with Crippen molar-refractivity contribution >= 4 is 14.4 Å². The number of amides is 1. The molecule has 1 N–H and O–H groups in total. The Balaban J connectivity index is 1.35. The van der Waals surface area contributed by atoms with Crippen LogP contribution in [0.25, 0.3) is 11.1 Å². The first-order valence-electron chi connectivity index (χ1n) is 18.7. The molecule has 1 aliphatic rings. The molecular formula is C46H53NO6Si. The summed E-state index contributed by atoms with van der Waals surface area (Å²) in [7, 11) is 1.08. The summed E-state index contributed by atoms with van der Waals surface area (Å²) >= 11 is 0. The number of benzene rings is 5. The summed E-state index contributed by atoms with van der Waals surface area (Å²) < 4.78 is 31.4. The minimum Gasteiger partial charge on any atom is -0.497 e. The fraction of sp³-hybridized carbons (Fsp3) is 0.326. The molecule has 2 atom stereocenters. The lowest BCUT2D eigenvalue weighted by atomic mass is 9.79. The maximum atomic E-state index is 13.9. The fourth-order valence-corrected chi connectivity index (χ4v) is 8.02. The molecule has 5 aromatic rings. The van der Waals surface area contributed by atoms with E-state index in [9.17, 15) is 4.79 Å². The van der Waals surface area contributed by atoms with Crippen LogP contribution in [0.3, 0.4) is 0 Å². The highest BCUT2D eigenvalue weighted by Gasteiger charge is 2.43. The van der Waals surface area contributed by atoms with Gasteiger partial charge in [0, 0.05) is 5.92 Å². The molecule has 1 aliphatic carbocycles. The predicted molar refractivity (Wildman–Crippen MR) is 218 cm³/mol. The number of carbonyl (C=O) groups is 1. The van der Waals surface area contributed by atoms with Gasteiger partial charge in [-0.3, -0.25) is 0 Å². The number of hydrogen-bond acceptors (Lipinski definition) is 6. The van der Waals surface area contributed by atoms with Crippen LogP contribution in [-0.2, 0) is 19.5 Å². The lowest BCUT2D eigenvalue weighted by Crippen LogP contribution is -2.52. The van der Waals surface area contributed by atoms with Crippen LogP contribution < -0.4 is 14.8 Å². The number of rotatable bonds is 14. The second-order valence-electron chi connectivity index (χ2n) is 15.5. The number of ether oxygens (including phenoxy) is 4. The Morgan fingerprint density at radius 2 is 1.15 bits per heavy atom. The lowest BCUT2D eigenvalue weighted by Gasteiger charge is -2.42. The van der Waals surface area contributed by atoms with E-state index in [1.165, 1.54) is 11.1 Å². The Labute approximate surface area is 321 Å². The van der Waals surface area contributed by atoms with Gasteiger partial charge < -0.3 is 28.7 Å². The third-order valence-corrected chi connectivity index (χ3v) is 15.7. The van der Waals surface area contributed by atoms with Gasteiger partial charge >= 0.3 is 6.09 Å². The summed E-state index contributed by atoms with van der Waals surface area (Å²) in [5.74, 6) is 1.41. The van der Waals surface area contributed by atoms with Crippen LogP contribution >= 0.6 is 0 Å². The topological polar surface area (TPSA) is 75.2 Å². The molecule has 0 bridgehead atoms. The summed E-state index contributed by atoms with van der Waals surface area (Å²) in [6, 6.07) is 42.2. The van der Waals surface area contributed by atoms with Crippen LogP contribution in [0.4, 0.5) is 4.79 Å². The smallest absolute Gasteiger partial charge is 0.407 e. The summed E-state index contributed by atoms with van der Waals surface area (Å²) in [4.78, 5) is 13.9. The molecule has 8 heteroatoms. The maximum Gasteiger partial charge on any atom is 0.407 e. The molecule has 54 heavy (non-hydrogen) atoms. The van der Waals surface area contributed by atoms with E-state index in [1.54, 1.807) is 14.2 Å². The number of nitrogens with one attached hydrogen (secondary N) is 1. The van der Waals surface area contributed by atoms with Crippen molar-refractivity contribution in [3.8, 4) is 22.6 Å². The van der Waals surface area contributed by atoms with Crippen LogP contribution in [0.5, 0.6) is 11.5 Å². The Bertz CT molecular complexity index is 1910. The predicted octanol–water partition coefficient (Wildman–Crippen LogP) is 10.3. The minimum absolute atomic E-state index is 0.0363. The van der Waals surface area contributed by atoms with Gasteiger partial charge in [-0.25, -0.2) is 4.79 Å². The van der Waals surface area contributed by atoms with Gasteiger partial charge in [0.25, 0.3) is 0 Å². The zero-order valence-corrected chi connectivity index (χ0v) is 33.7. The van der Waals surface area contributed by atoms with Crippen LogP contribution in [0.2, 0.25) is 18.1 Å². The molecule has 0 aliphatic heterocycles. The van der Waals surface area contributed by atoms with Gasteiger partial charge in [-0.05, 0) is 88.3 Å². The first-order chi connectivity index (χ1) is 25.9. The molecule has 0 radical (unpaired) electrons. The van der Waals surface area contributed by atoms with E-state index in [4.69, 9.17) is 23.4 Å². The van der Waals surface area contributed by atoms with Crippen molar-refractivity contribution in [2.45, 2.75) is 69.5 Å². The molecule has 282 valence electrons. The molecule has 7 nitrogen and oxygen atoms in total. The number of carbonyl (C=O) groups excluding carboxylic acids is 1. The van der Waals surface area contributed by atoms with Crippen LogP contribution in [0.1, 0.15) is 61.4 Å². The van der Waals surface area contributed by atoms with Gasteiger partial charge in [0.05, 0.1) is 33.0 Å². The summed E-state index contributed by atoms with van der Waals surface area (Å²) in [6.45, 7) is 13.5. The number of methoxy groups -OCH3 is 2. The van der Waals surface area contributed by atoms with Gasteiger partial charge in [-0.2, -0.15) is 0 Å². The molecule has 2 unspecified atom stereocenters. The van der Waals surface area contributed by atoms with Crippen LogP contribution in [0, 0.1) is 0 Å². The highest BCUT2D eigenvalue weighted by Crippen LogP contribution is 2.45. The Hall–Kier alpha value is -4.89. The van der Waals surface area contributed by atoms with E-state index in [0.717, 1.165) is 39.3 Å². The van der Waals surface area contributed by atoms with Gasteiger partial charge in [-0.1, -0.05) is 124 Å². The summed E-state index contributed by atoms with van der Waals surface area (Å²) in [5.41, 5.74) is 6.32. The Morgan fingerprint density at radius 1 is 0.685 bits per heavy atom. The van der Waals surface area contributed by atoms with E-state index in [1.807, 2.05) is 97.9 Å². The van der Waals surface area contributed by atoms with Gasteiger partial charge in [0.1, 0.15) is 23.7 Å². The molecule has 6 rings (SSSR count). The molecule has 0 aromatic heterocycles. The van der Waals surface area contributed by atoms with Crippen LogP contribution in [0.15, 0.2) is 127 Å². The average Bonchev–Trinajstić information content (AvgIpc) is 3.51. The highest BCUT2D eigenvalue weighted by molar-refractivity contribution is 6.74.